The number of nitrogens with zero attached hydrogens (tertiary/aromatic N) is 3. The lowest BCUT2D eigenvalue weighted by Gasteiger charge is -2.14. The fourth-order valence-corrected chi connectivity index (χ4v) is 3.87. The number of aliphatic imine (C=N–C) groups is 1. The number of aromatic nitrogens is 1. The number of amides is 1. The van der Waals surface area contributed by atoms with E-state index in [1.54, 1.807) is 12.3 Å². The van der Waals surface area contributed by atoms with Crippen molar-refractivity contribution in [1.29, 1.82) is 0 Å². The highest BCUT2D eigenvalue weighted by atomic mass is 79.9. The molecule has 6 nitrogen and oxygen atoms in total. The fraction of sp³-hybridized carbons (Fsp3) is 0.200. The van der Waals surface area contributed by atoms with Crippen LogP contribution in [-0.4, -0.2) is 47.5 Å². The van der Waals surface area contributed by atoms with Gasteiger partial charge in [-0.3, -0.25) is 14.6 Å². The van der Waals surface area contributed by atoms with E-state index in [2.05, 4.69) is 36.1 Å². The monoisotopic (exact) mass is 490 g/mol. The minimum Gasteiger partial charge on any atom is -0.358 e. The van der Waals surface area contributed by atoms with E-state index in [4.69, 9.17) is 0 Å². The molecule has 4 rings (SSSR count). The number of anilines is 1. The van der Waals surface area contributed by atoms with Crippen LogP contribution in [0.2, 0.25) is 0 Å². The lowest BCUT2D eigenvalue weighted by atomic mass is 9.96. The van der Waals surface area contributed by atoms with E-state index in [0.29, 0.717) is 11.4 Å². The number of benzene rings is 2. The molecular weight excluding hydrogens is 468 g/mol. The number of halogens is 1. The van der Waals surface area contributed by atoms with E-state index in [9.17, 15) is 9.59 Å². The summed E-state index contributed by atoms with van der Waals surface area (Å²) in [7, 11) is 2.02. The molecule has 1 amide bonds. The molecule has 7 heteroatoms. The maximum Gasteiger partial charge on any atom is 0.229 e. The first-order valence-electron chi connectivity index (χ1n) is 10.4. The molecule has 0 aliphatic carbocycles. The van der Waals surface area contributed by atoms with Gasteiger partial charge in [-0.05, 0) is 39.2 Å². The summed E-state index contributed by atoms with van der Waals surface area (Å²) >= 11 is 3.33. The second-order valence-electron chi connectivity index (χ2n) is 7.66. The van der Waals surface area contributed by atoms with Crippen LogP contribution in [0.4, 0.5) is 5.82 Å². The molecule has 2 aromatic carbocycles. The van der Waals surface area contributed by atoms with Crippen molar-refractivity contribution in [2.45, 2.75) is 12.8 Å². The van der Waals surface area contributed by atoms with Crippen LogP contribution in [0.1, 0.15) is 27.0 Å². The molecule has 1 aliphatic rings. The number of carbonyl (C=O) groups excluding carboxylic acids is 2. The zero-order valence-electron chi connectivity index (χ0n) is 17.7. The first-order valence-corrected chi connectivity index (χ1v) is 11.2. The molecule has 0 fully saturated rings. The number of hydrogen-bond donors (Lipinski definition) is 1. The molecule has 0 unspecified atom stereocenters. The lowest BCUT2D eigenvalue weighted by molar-refractivity contribution is -0.115. The van der Waals surface area contributed by atoms with Gasteiger partial charge < -0.3 is 10.2 Å². The second-order valence-corrected chi connectivity index (χ2v) is 8.58. The van der Waals surface area contributed by atoms with Gasteiger partial charge in [0.1, 0.15) is 11.7 Å². The van der Waals surface area contributed by atoms with E-state index < -0.39 is 0 Å². The molecule has 2 heterocycles. The van der Waals surface area contributed by atoms with Crippen LogP contribution >= 0.6 is 15.9 Å². The standard InChI is InChI=1S/C25H23BrN4O2/c1-30-13-12-27-25(30)18-8-6-17(7-9-18)22(31)14-19-4-2-3-5-20(19)15-24(32)29-23-11-10-21(26)16-28-23/h2-11,16H,12-15H2,1H3,(H,28,29,32). The van der Waals surface area contributed by atoms with E-state index in [1.807, 2.05) is 61.6 Å². The predicted molar refractivity (Wildman–Crippen MR) is 129 cm³/mol. The van der Waals surface area contributed by atoms with Crippen molar-refractivity contribution in [2.75, 3.05) is 25.5 Å². The summed E-state index contributed by atoms with van der Waals surface area (Å²) in [6.45, 7) is 1.72. The zero-order valence-corrected chi connectivity index (χ0v) is 19.3. The number of Topliss-reactive ketones (excluding diaryl/α,β-unsaturated/α-hetero) is 1. The lowest BCUT2D eigenvalue weighted by Crippen LogP contribution is -2.23. The van der Waals surface area contributed by atoms with Crippen LogP contribution in [0.5, 0.6) is 0 Å². The Morgan fingerprint density at radius 1 is 1.00 bits per heavy atom. The molecule has 32 heavy (non-hydrogen) atoms. The van der Waals surface area contributed by atoms with Gasteiger partial charge in [-0.25, -0.2) is 4.98 Å². The molecule has 162 valence electrons. The van der Waals surface area contributed by atoms with Crippen LogP contribution < -0.4 is 5.32 Å². The van der Waals surface area contributed by atoms with Gasteiger partial charge in [0.25, 0.3) is 0 Å². The Bertz CT molecular complexity index is 1160. The molecule has 3 aromatic rings. The number of likely N-dealkylation sites (N-methyl/N-ethyl adjacent to an activating group) is 1. The van der Waals surface area contributed by atoms with Gasteiger partial charge in [-0.1, -0.05) is 48.5 Å². The quantitative estimate of drug-likeness (QED) is 0.505. The van der Waals surface area contributed by atoms with Crippen molar-refractivity contribution in [3.63, 3.8) is 0 Å². The summed E-state index contributed by atoms with van der Waals surface area (Å²) in [5.41, 5.74) is 3.34. The van der Waals surface area contributed by atoms with Gasteiger partial charge in [0.05, 0.1) is 13.0 Å². The van der Waals surface area contributed by atoms with Gasteiger partial charge in [0, 0.05) is 41.8 Å². The number of pyridine rings is 1. The Labute approximate surface area is 195 Å². The maximum absolute atomic E-state index is 12.9. The van der Waals surface area contributed by atoms with Crippen LogP contribution in [0.3, 0.4) is 0 Å². The van der Waals surface area contributed by atoms with Crippen LogP contribution in [0, 0.1) is 0 Å². The number of ketones is 1. The smallest absolute Gasteiger partial charge is 0.229 e. The van der Waals surface area contributed by atoms with E-state index in [1.165, 1.54) is 0 Å². The first kappa shape index (κ1) is 21.9. The van der Waals surface area contributed by atoms with Crippen molar-refractivity contribution in [3.8, 4) is 0 Å². The number of hydrogen-bond acceptors (Lipinski definition) is 5. The van der Waals surface area contributed by atoms with Crippen LogP contribution in [0.15, 0.2) is 76.3 Å². The molecule has 0 saturated heterocycles. The van der Waals surface area contributed by atoms with Gasteiger partial charge in [-0.2, -0.15) is 0 Å². The van der Waals surface area contributed by atoms with Gasteiger partial charge in [0.2, 0.25) is 5.91 Å². The van der Waals surface area contributed by atoms with Gasteiger partial charge in [0.15, 0.2) is 5.78 Å². The normalized spacial score (nSPS) is 13.1. The average molecular weight is 491 g/mol. The largest absolute Gasteiger partial charge is 0.358 e. The van der Waals surface area contributed by atoms with Crippen molar-refractivity contribution in [3.05, 3.63) is 93.6 Å². The van der Waals surface area contributed by atoms with E-state index >= 15 is 0 Å². The zero-order chi connectivity index (χ0) is 22.5. The van der Waals surface area contributed by atoms with Crippen molar-refractivity contribution >= 4 is 39.3 Å². The molecule has 0 spiro atoms. The van der Waals surface area contributed by atoms with Crippen molar-refractivity contribution in [2.24, 2.45) is 4.99 Å². The Morgan fingerprint density at radius 2 is 1.72 bits per heavy atom. The number of carbonyl (C=O) groups is 2. The summed E-state index contributed by atoms with van der Waals surface area (Å²) < 4.78 is 0.843. The average Bonchev–Trinajstić information content (AvgIpc) is 3.22. The third kappa shape index (κ3) is 5.29. The molecule has 0 saturated carbocycles. The van der Waals surface area contributed by atoms with E-state index in [-0.39, 0.29) is 24.5 Å². The SMILES string of the molecule is CN1CCN=C1c1ccc(C(=O)Cc2ccccc2CC(=O)Nc2ccc(Br)cn2)cc1. The predicted octanol–water partition coefficient (Wildman–Crippen LogP) is 4.14. The van der Waals surface area contributed by atoms with Gasteiger partial charge >= 0.3 is 0 Å². The van der Waals surface area contributed by atoms with Crippen LogP contribution in [-0.2, 0) is 17.6 Å². The summed E-state index contributed by atoms with van der Waals surface area (Å²) in [6.07, 6.45) is 2.04. The summed E-state index contributed by atoms with van der Waals surface area (Å²) in [5.74, 6) is 1.29. The third-order valence-electron chi connectivity index (χ3n) is 5.34. The fourth-order valence-electron chi connectivity index (χ4n) is 3.64. The number of nitrogens with one attached hydrogen (secondary N) is 1. The molecule has 1 aliphatic heterocycles. The highest BCUT2D eigenvalue weighted by Crippen LogP contribution is 2.17. The van der Waals surface area contributed by atoms with Gasteiger partial charge in [-0.15, -0.1) is 0 Å². The summed E-state index contributed by atoms with van der Waals surface area (Å²) in [5, 5.41) is 2.80. The topological polar surface area (TPSA) is 74.7 Å². The Morgan fingerprint density at radius 3 is 2.34 bits per heavy atom. The second kappa shape index (κ2) is 9.87. The summed E-state index contributed by atoms with van der Waals surface area (Å²) in [4.78, 5) is 36.2. The molecule has 0 bridgehead atoms. The molecule has 1 N–H and O–H groups in total. The highest BCUT2D eigenvalue weighted by molar-refractivity contribution is 9.10. The van der Waals surface area contributed by atoms with Crippen molar-refractivity contribution < 1.29 is 9.59 Å². The Balaban J connectivity index is 1.42. The Kier molecular flexibility index (Phi) is 6.75. The molecule has 1 aromatic heterocycles. The Hall–Kier alpha value is -3.32. The minimum absolute atomic E-state index is 0.0145. The third-order valence-corrected chi connectivity index (χ3v) is 5.81. The molecular formula is C25H23BrN4O2. The van der Waals surface area contributed by atoms with E-state index in [0.717, 1.165) is 40.1 Å². The number of rotatable bonds is 7. The first-order chi connectivity index (χ1) is 15.5. The van der Waals surface area contributed by atoms with Crippen LogP contribution in [0.25, 0.3) is 0 Å². The summed E-state index contributed by atoms with van der Waals surface area (Å²) in [6, 6.07) is 18.7. The van der Waals surface area contributed by atoms with Crippen molar-refractivity contribution in [1.82, 2.24) is 9.88 Å². The number of amidine groups is 1. The highest BCUT2D eigenvalue weighted by Gasteiger charge is 2.16. The molecule has 0 atom stereocenters. The maximum atomic E-state index is 12.9. The minimum atomic E-state index is -0.175. The molecule has 0 radical (unpaired) electrons.